The van der Waals surface area contributed by atoms with E-state index in [2.05, 4.69) is 373 Å². The summed E-state index contributed by atoms with van der Waals surface area (Å²) in [7, 11) is 0. The van der Waals surface area contributed by atoms with E-state index in [0.29, 0.717) is 34.9 Å². The number of thiophene rings is 2. The molecule has 0 atom stereocenters. The Labute approximate surface area is 723 Å². The minimum Gasteiger partial charge on any atom is -0.309 e. The van der Waals surface area contributed by atoms with Crippen LogP contribution in [0.3, 0.4) is 0 Å². The summed E-state index contributed by atoms with van der Waals surface area (Å²) in [5, 5.41) is 10.0. The molecule has 580 valence electrons. The smallest absolute Gasteiger partial charge is 0.164 e. The highest BCUT2D eigenvalue weighted by Crippen LogP contribution is 2.51. The number of aromatic nitrogens is 8. The lowest BCUT2D eigenvalue weighted by Gasteiger charge is -2.16. The molecule has 0 radical (unpaired) electrons. The van der Waals surface area contributed by atoms with Crippen LogP contribution < -0.4 is 0 Å². The lowest BCUT2D eigenvalue weighted by atomic mass is 9.90. The summed E-state index contributed by atoms with van der Waals surface area (Å²) in [6.45, 7) is 0. The Morgan fingerprint density at radius 3 is 0.919 bits per heavy atom. The molecule has 0 saturated carbocycles. The van der Waals surface area contributed by atoms with E-state index in [1.165, 1.54) is 106 Å². The minimum atomic E-state index is 0.622. The van der Waals surface area contributed by atoms with Gasteiger partial charge in [-0.3, -0.25) is 0 Å². The van der Waals surface area contributed by atoms with Crippen molar-refractivity contribution in [2.45, 2.75) is 0 Å². The Bertz CT molecular complexity index is 8080. The fourth-order valence-corrected chi connectivity index (χ4v) is 20.5. The molecule has 8 nitrogen and oxygen atoms in total. The van der Waals surface area contributed by atoms with Gasteiger partial charge in [-0.05, 0) is 128 Å². The van der Waals surface area contributed by atoms with Crippen LogP contribution in [0.2, 0.25) is 0 Å². The largest absolute Gasteiger partial charge is 0.309 e. The standard InChI is InChI=1S/2C57H36N4S/c1-5-18-37(19-6-1)42-26-13-14-27-43(42)40-32-33-44(49(36-40)57-59-55(38-20-7-2-8-21-38)58-56(60-57)39-22-9-3-10-23-39)47-29-17-30-48-52-51(62-54(47)48)35-34-46-45-28-15-16-31-50(45)61(53(46)52)41-24-11-4-12-25-41;1-5-17-37(18-6-1)43-25-13-14-26-44(43)40-29-31-45(49(35-40)57-59-55(38-19-7-2-8-20-38)58-56(60-57)39-21-9-3-10-22-39)41-30-32-48-52(36-41)62-51-34-33-47-46-27-15-16-28-50(46)61(54(47)53(48)51)42-23-11-4-12-24-42/h2*1-36H. The Morgan fingerprint density at radius 2 is 0.476 bits per heavy atom. The number of rotatable bonds is 14. The molecule has 0 bridgehead atoms. The summed E-state index contributed by atoms with van der Waals surface area (Å²) < 4.78 is 9.83. The fraction of sp³-hybridized carbons (Fsp3) is 0. The quantitative estimate of drug-likeness (QED) is 0.108. The van der Waals surface area contributed by atoms with Gasteiger partial charge in [0.2, 0.25) is 0 Å². The molecule has 0 aliphatic heterocycles. The van der Waals surface area contributed by atoms with Crippen molar-refractivity contribution < 1.29 is 0 Å². The highest BCUT2D eigenvalue weighted by molar-refractivity contribution is 7.26. The molecule has 0 N–H and O–H groups in total. The molecule has 0 amide bonds. The van der Waals surface area contributed by atoms with E-state index >= 15 is 0 Å². The molecule has 18 aromatic carbocycles. The van der Waals surface area contributed by atoms with Crippen LogP contribution in [-0.4, -0.2) is 39.0 Å². The van der Waals surface area contributed by atoms with Gasteiger partial charge in [-0.25, -0.2) is 29.9 Å². The zero-order valence-electron chi connectivity index (χ0n) is 67.0. The van der Waals surface area contributed by atoms with E-state index in [0.717, 1.165) is 89.3 Å². The number of fused-ring (bicyclic) bond motifs is 14. The van der Waals surface area contributed by atoms with Crippen LogP contribution in [0.25, 0.3) is 230 Å². The summed E-state index contributed by atoms with van der Waals surface area (Å²) in [4.78, 5) is 31.3. The van der Waals surface area contributed by atoms with Crippen LogP contribution >= 0.6 is 22.7 Å². The van der Waals surface area contributed by atoms with Gasteiger partial charge >= 0.3 is 0 Å². The maximum Gasteiger partial charge on any atom is 0.164 e. The molecule has 6 aromatic heterocycles. The van der Waals surface area contributed by atoms with Gasteiger partial charge < -0.3 is 9.13 Å². The van der Waals surface area contributed by atoms with Crippen molar-refractivity contribution in [1.29, 1.82) is 0 Å². The predicted octanol–water partition coefficient (Wildman–Crippen LogP) is 30.7. The Hall–Kier alpha value is -16.0. The van der Waals surface area contributed by atoms with Gasteiger partial charge in [-0.2, -0.15) is 0 Å². The van der Waals surface area contributed by atoms with Gasteiger partial charge in [-0.15, -0.1) is 22.7 Å². The molecule has 124 heavy (non-hydrogen) atoms. The number of para-hydroxylation sites is 4. The summed E-state index contributed by atoms with van der Waals surface area (Å²) in [6.07, 6.45) is 0. The third-order valence-corrected chi connectivity index (χ3v) is 26.1. The van der Waals surface area contributed by atoms with E-state index in [9.17, 15) is 0 Å². The molecular formula is C114H72N8S2. The molecule has 0 spiro atoms. The van der Waals surface area contributed by atoms with E-state index in [4.69, 9.17) is 29.9 Å². The highest BCUT2D eigenvalue weighted by atomic mass is 32.1. The topological polar surface area (TPSA) is 87.2 Å². The van der Waals surface area contributed by atoms with Crippen LogP contribution in [0.5, 0.6) is 0 Å². The maximum absolute atomic E-state index is 5.31. The zero-order chi connectivity index (χ0) is 82.0. The third kappa shape index (κ3) is 13.1. The number of nitrogens with zero attached hydrogens (tertiary/aromatic N) is 8. The Balaban J connectivity index is 0.000000143. The summed E-state index contributed by atoms with van der Waals surface area (Å²) in [5.41, 5.74) is 26.3. The first-order chi connectivity index (χ1) is 61.5. The normalized spacial score (nSPS) is 11.5. The Kier molecular flexibility index (Phi) is 18.5. The Morgan fingerprint density at radius 1 is 0.169 bits per heavy atom. The van der Waals surface area contributed by atoms with E-state index < -0.39 is 0 Å². The van der Waals surface area contributed by atoms with Gasteiger partial charge in [0.15, 0.2) is 34.9 Å². The average Bonchev–Trinajstić information content (AvgIpc) is 1.60. The van der Waals surface area contributed by atoms with Gasteiger partial charge in [0.25, 0.3) is 0 Å². The van der Waals surface area contributed by atoms with Crippen LogP contribution in [0, 0.1) is 0 Å². The maximum atomic E-state index is 5.31. The number of hydrogen-bond acceptors (Lipinski definition) is 8. The first-order valence-corrected chi connectivity index (χ1v) is 43.3. The number of benzene rings is 18. The number of hydrogen-bond donors (Lipinski definition) is 0. The molecule has 24 aromatic rings. The van der Waals surface area contributed by atoms with Gasteiger partial charge in [0, 0.05) is 112 Å². The predicted molar refractivity (Wildman–Crippen MR) is 519 cm³/mol. The molecule has 0 aliphatic rings. The second-order valence-corrected chi connectivity index (χ2v) is 33.2. The monoisotopic (exact) mass is 1620 g/mol. The van der Waals surface area contributed by atoms with Crippen LogP contribution in [0.4, 0.5) is 0 Å². The third-order valence-electron chi connectivity index (χ3n) is 23.8. The first-order valence-electron chi connectivity index (χ1n) is 41.7. The van der Waals surface area contributed by atoms with Crippen molar-refractivity contribution in [3.63, 3.8) is 0 Å². The second kappa shape index (κ2) is 31.3. The molecule has 0 fully saturated rings. The molecule has 0 aliphatic carbocycles. The first kappa shape index (κ1) is 73.2. The summed E-state index contributed by atoms with van der Waals surface area (Å²) >= 11 is 3.69. The van der Waals surface area contributed by atoms with Gasteiger partial charge in [0.1, 0.15) is 0 Å². The lowest BCUT2D eigenvalue weighted by molar-refractivity contribution is 1.07. The molecule has 0 unspecified atom stereocenters. The average molecular weight is 1620 g/mol. The molecule has 0 saturated heterocycles. The van der Waals surface area contributed by atoms with E-state index in [-0.39, 0.29) is 0 Å². The van der Waals surface area contributed by atoms with Gasteiger partial charge in [0.05, 0.1) is 22.1 Å². The lowest BCUT2D eigenvalue weighted by Crippen LogP contribution is -2.01. The van der Waals surface area contributed by atoms with E-state index in [1.807, 2.05) is 95.5 Å². The van der Waals surface area contributed by atoms with Crippen molar-refractivity contribution in [2.75, 3.05) is 0 Å². The zero-order valence-corrected chi connectivity index (χ0v) is 68.6. The van der Waals surface area contributed by atoms with Crippen LogP contribution in [0.15, 0.2) is 437 Å². The van der Waals surface area contributed by atoms with Crippen LogP contribution in [0.1, 0.15) is 0 Å². The SMILES string of the molecule is c1ccc(-c2nc(-c3ccccc3)nc(-c3cc(-c4ccccc4-c4ccccc4)ccc3-c3ccc4c(c3)sc3ccc5c6ccccc6n(-c6ccccc6)c5c34)n2)cc1.c1ccc(-c2nc(-c3ccccc3)nc(-c3cc(-c4ccccc4-c4ccccc4)ccc3-c3cccc4c3sc3ccc5c6ccccc6n(-c6ccccc6)c5c34)n2)cc1. The van der Waals surface area contributed by atoms with Crippen molar-refractivity contribution in [2.24, 2.45) is 0 Å². The van der Waals surface area contributed by atoms with E-state index in [1.54, 1.807) is 0 Å². The molecular weight excluding hydrogens is 1550 g/mol. The van der Waals surface area contributed by atoms with Crippen molar-refractivity contribution in [3.8, 4) is 146 Å². The highest BCUT2D eigenvalue weighted by Gasteiger charge is 2.26. The fourth-order valence-electron chi connectivity index (χ4n) is 18.1. The molecule has 6 heterocycles. The molecule has 24 rings (SSSR count). The summed E-state index contributed by atoms with van der Waals surface area (Å²) in [5.74, 6) is 3.77. The van der Waals surface area contributed by atoms with Crippen LogP contribution in [-0.2, 0) is 0 Å². The summed E-state index contributed by atoms with van der Waals surface area (Å²) in [6, 6.07) is 155. The second-order valence-electron chi connectivity index (χ2n) is 31.1. The van der Waals surface area contributed by atoms with Crippen molar-refractivity contribution in [1.82, 2.24) is 39.0 Å². The van der Waals surface area contributed by atoms with Gasteiger partial charge in [-0.1, -0.05) is 370 Å². The molecule has 10 heteroatoms. The van der Waals surface area contributed by atoms with Crippen molar-refractivity contribution in [3.05, 3.63) is 437 Å². The minimum absolute atomic E-state index is 0.622. The van der Waals surface area contributed by atoms with Crippen molar-refractivity contribution >= 4 is 107 Å².